The highest BCUT2D eigenvalue weighted by Gasteiger charge is 2.09. The van der Waals surface area contributed by atoms with Crippen LogP contribution in [0, 0.1) is 0 Å². The summed E-state index contributed by atoms with van der Waals surface area (Å²) in [6.07, 6.45) is 1.86. The average molecular weight is 158 g/mol. The summed E-state index contributed by atoms with van der Waals surface area (Å²) in [7, 11) is 0. The van der Waals surface area contributed by atoms with Gasteiger partial charge in [0.05, 0.1) is 6.10 Å². The van der Waals surface area contributed by atoms with Crippen LogP contribution < -0.4 is 0 Å². The number of aliphatic hydroxyl groups excluding tert-OH is 1. The van der Waals surface area contributed by atoms with E-state index in [0.29, 0.717) is 6.42 Å². The Bertz CT molecular complexity index is 159. The van der Waals surface area contributed by atoms with Gasteiger partial charge in [-0.05, 0) is 26.3 Å². The standard InChI is InChI=1S/C8H14O3/c1-4-5-7(9)8(10)11-6(2)3/h5-6,9H,4H2,1-3H3. The van der Waals surface area contributed by atoms with Gasteiger partial charge >= 0.3 is 5.97 Å². The highest BCUT2D eigenvalue weighted by atomic mass is 16.6. The summed E-state index contributed by atoms with van der Waals surface area (Å²) in [4.78, 5) is 10.8. The minimum atomic E-state index is -0.651. The molecule has 0 amide bonds. The van der Waals surface area contributed by atoms with Gasteiger partial charge in [-0.1, -0.05) is 6.92 Å². The number of ether oxygens (including phenoxy) is 1. The number of esters is 1. The van der Waals surface area contributed by atoms with Crippen LogP contribution in [0.5, 0.6) is 0 Å². The monoisotopic (exact) mass is 158 g/mol. The molecule has 1 N–H and O–H groups in total. The lowest BCUT2D eigenvalue weighted by molar-refractivity contribution is -0.145. The molecule has 0 aromatic heterocycles. The highest BCUT2D eigenvalue weighted by molar-refractivity contribution is 5.85. The van der Waals surface area contributed by atoms with Gasteiger partial charge in [-0.15, -0.1) is 0 Å². The zero-order valence-corrected chi connectivity index (χ0v) is 7.13. The van der Waals surface area contributed by atoms with Crippen LogP contribution in [-0.2, 0) is 9.53 Å². The molecule has 0 aliphatic rings. The van der Waals surface area contributed by atoms with Gasteiger partial charge in [-0.3, -0.25) is 0 Å². The molecular weight excluding hydrogens is 144 g/mol. The summed E-state index contributed by atoms with van der Waals surface area (Å²) in [5, 5.41) is 8.95. The van der Waals surface area contributed by atoms with E-state index in [9.17, 15) is 4.79 Å². The molecule has 0 fully saturated rings. The summed E-state index contributed by atoms with van der Waals surface area (Å²) in [6.45, 7) is 5.30. The van der Waals surface area contributed by atoms with Gasteiger partial charge in [0, 0.05) is 0 Å². The average Bonchev–Trinajstić information content (AvgIpc) is 1.86. The molecule has 0 bridgehead atoms. The van der Waals surface area contributed by atoms with Crippen molar-refractivity contribution in [3.8, 4) is 0 Å². The maximum Gasteiger partial charge on any atom is 0.373 e. The van der Waals surface area contributed by atoms with E-state index < -0.39 is 5.97 Å². The summed E-state index contributed by atoms with van der Waals surface area (Å²) < 4.78 is 4.71. The third kappa shape index (κ3) is 4.42. The van der Waals surface area contributed by atoms with Crippen LogP contribution in [0.4, 0.5) is 0 Å². The molecule has 0 spiro atoms. The molecule has 3 nitrogen and oxygen atoms in total. The van der Waals surface area contributed by atoms with Crippen LogP contribution in [0.15, 0.2) is 11.8 Å². The second-order valence-electron chi connectivity index (χ2n) is 2.45. The van der Waals surface area contributed by atoms with E-state index >= 15 is 0 Å². The number of carbonyl (C=O) groups is 1. The van der Waals surface area contributed by atoms with E-state index in [1.165, 1.54) is 6.08 Å². The summed E-state index contributed by atoms with van der Waals surface area (Å²) in [5.41, 5.74) is 0. The number of hydrogen-bond acceptors (Lipinski definition) is 3. The molecule has 0 aromatic carbocycles. The third-order valence-corrected chi connectivity index (χ3v) is 0.949. The van der Waals surface area contributed by atoms with Crippen LogP contribution in [0.3, 0.4) is 0 Å². The van der Waals surface area contributed by atoms with Crippen molar-refractivity contribution in [1.29, 1.82) is 0 Å². The molecule has 0 heterocycles. The predicted octanol–water partition coefficient (Wildman–Crippen LogP) is 1.79. The molecule has 0 saturated heterocycles. The number of hydrogen-bond donors (Lipinski definition) is 1. The van der Waals surface area contributed by atoms with Crippen molar-refractivity contribution < 1.29 is 14.6 Å². The summed E-state index contributed by atoms with van der Waals surface area (Å²) in [5.74, 6) is -0.956. The van der Waals surface area contributed by atoms with E-state index in [-0.39, 0.29) is 11.9 Å². The lowest BCUT2D eigenvalue weighted by atomic mass is 10.4. The molecule has 0 aromatic rings. The first-order chi connectivity index (χ1) is 5.07. The molecule has 0 atom stereocenters. The zero-order chi connectivity index (χ0) is 8.85. The highest BCUT2D eigenvalue weighted by Crippen LogP contribution is 1.98. The van der Waals surface area contributed by atoms with Gasteiger partial charge in [-0.25, -0.2) is 4.79 Å². The molecule has 64 valence electrons. The fraction of sp³-hybridized carbons (Fsp3) is 0.625. The van der Waals surface area contributed by atoms with E-state index in [4.69, 9.17) is 9.84 Å². The number of rotatable bonds is 3. The first-order valence-corrected chi connectivity index (χ1v) is 3.68. The second kappa shape index (κ2) is 4.77. The third-order valence-electron chi connectivity index (χ3n) is 0.949. The molecule has 0 unspecified atom stereocenters. The van der Waals surface area contributed by atoms with Gasteiger partial charge in [0.2, 0.25) is 0 Å². The zero-order valence-electron chi connectivity index (χ0n) is 7.13. The first kappa shape index (κ1) is 10.0. The topological polar surface area (TPSA) is 46.5 Å². The van der Waals surface area contributed by atoms with Gasteiger partial charge in [0.15, 0.2) is 5.76 Å². The van der Waals surface area contributed by atoms with Crippen LogP contribution in [0.1, 0.15) is 27.2 Å². The van der Waals surface area contributed by atoms with E-state index in [2.05, 4.69) is 0 Å². The maximum absolute atomic E-state index is 10.8. The Kier molecular flexibility index (Phi) is 4.34. The Hall–Kier alpha value is -0.990. The van der Waals surface area contributed by atoms with E-state index in [1.54, 1.807) is 13.8 Å². The Morgan fingerprint density at radius 2 is 2.18 bits per heavy atom. The van der Waals surface area contributed by atoms with Crippen molar-refractivity contribution in [2.45, 2.75) is 33.3 Å². The lowest BCUT2D eigenvalue weighted by Crippen LogP contribution is -2.13. The Morgan fingerprint density at radius 1 is 1.64 bits per heavy atom. The predicted molar refractivity (Wildman–Crippen MR) is 42.2 cm³/mol. The molecular formula is C8H14O3. The van der Waals surface area contributed by atoms with E-state index in [1.807, 2.05) is 6.92 Å². The Morgan fingerprint density at radius 3 is 2.55 bits per heavy atom. The lowest BCUT2D eigenvalue weighted by Gasteiger charge is -2.05. The SMILES string of the molecule is CCC=C(O)C(=O)OC(C)C. The van der Waals surface area contributed by atoms with Crippen LogP contribution in [0.2, 0.25) is 0 Å². The van der Waals surface area contributed by atoms with Crippen LogP contribution >= 0.6 is 0 Å². The molecule has 11 heavy (non-hydrogen) atoms. The minimum absolute atomic E-state index is 0.185. The van der Waals surface area contributed by atoms with Crippen molar-refractivity contribution in [2.75, 3.05) is 0 Å². The fourth-order valence-electron chi connectivity index (χ4n) is 0.551. The largest absolute Gasteiger partial charge is 0.502 e. The number of carbonyl (C=O) groups excluding carboxylic acids is 1. The Labute approximate surface area is 66.7 Å². The van der Waals surface area contributed by atoms with Crippen LogP contribution in [-0.4, -0.2) is 17.2 Å². The molecule has 0 radical (unpaired) electrons. The fourth-order valence-corrected chi connectivity index (χ4v) is 0.551. The van der Waals surface area contributed by atoms with Crippen molar-refractivity contribution >= 4 is 5.97 Å². The molecule has 0 rings (SSSR count). The quantitative estimate of drug-likeness (QED) is 0.387. The number of allylic oxidation sites excluding steroid dienone is 1. The van der Waals surface area contributed by atoms with Gasteiger partial charge < -0.3 is 9.84 Å². The molecule has 3 heteroatoms. The van der Waals surface area contributed by atoms with E-state index in [0.717, 1.165) is 0 Å². The van der Waals surface area contributed by atoms with Crippen molar-refractivity contribution in [3.05, 3.63) is 11.8 Å². The first-order valence-electron chi connectivity index (χ1n) is 3.68. The maximum atomic E-state index is 10.8. The normalized spacial score (nSPS) is 11.8. The number of aliphatic hydroxyl groups is 1. The van der Waals surface area contributed by atoms with Crippen molar-refractivity contribution in [1.82, 2.24) is 0 Å². The molecule has 0 aliphatic heterocycles. The summed E-state index contributed by atoms with van der Waals surface area (Å²) >= 11 is 0. The van der Waals surface area contributed by atoms with Crippen molar-refractivity contribution in [2.24, 2.45) is 0 Å². The second-order valence-corrected chi connectivity index (χ2v) is 2.45. The van der Waals surface area contributed by atoms with Gasteiger partial charge in [0.1, 0.15) is 0 Å². The molecule has 0 aliphatic carbocycles. The minimum Gasteiger partial charge on any atom is -0.502 e. The van der Waals surface area contributed by atoms with Gasteiger partial charge in [-0.2, -0.15) is 0 Å². The molecule has 0 saturated carbocycles. The smallest absolute Gasteiger partial charge is 0.373 e. The Balaban J connectivity index is 3.93. The van der Waals surface area contributed by atoms with Gasteiger partial charge in [0.25, 0.3) is 0 Å². The van der Waals surface area contributed by atoms with Crippen molar-refractivity contribution in [3.63, 3.8) is 0 Å². The van der Waals surface area contributed by atoms with Crippen LogP contribution in [0.25, 0.3) is 0 Å². The summed E-state index contributed by atoms with van der Waals surface area (Å²) in [6, 6.07) is 0.